The maximum absolute atomic E-state index is 11.8. The molecule has 1 saturated heterocycles. The van der Waals surface area contributed by atoms with Crippen molar-refractivity contribution in [1.82, 2.24) is 4.90 Å². The molecular formula is C15H22N2O3S. The number of benzene rings is 1. The van der Waals surface area contributed by atoms with Crippen LogP contribution < -0.4 is 4.31 Å². The van der Waals surface area contributed by atoms with E-state index in [0.717, 1.165) is 37.4 Å². The summed E-state index contributed by atoms with van der Waals surface area (Å²) in [6.45, 7) is 4.95. The molecule has 116 valence electrons. The average molecular weight is 310 g/mol. The van der Waals surface area contributed by atoms with E-state index in [1.807, 2.05) is 18.2 Å². The molecule has 21 heavy (non-hydrogen) atoms. The molecule has 2 aliphatic heterocycles. The Morgan fingerprint density at radius 3 is 2.57 bits per heavy atom. The molecule has 1 N–H and O–H groups in total. The Morgan fingerprint density at radius 2 is 1.90 bits per heavy atom. The molecule has 1 aromatic rings. The lowest BCUT2D eigenvalue weighted by molar-refractivity contribution is 0.184. The Labute approximate surface area is 126 Å². The molecular weight excluding hydrogens is 288 g/mol. The Balaban J connectivity index is 1.79. The first-order valence-electron chi connectivity index (χ1n) is 7.52. The van der Waals surface area contributed by atoms with Crippen LogP contribution in [0.25, 0.3) is 0 Å². The van der Waals surface area contributed by atoms with Gasteiger partial charge in [0.15, 0.2) is 0 Å². The van der Waals surface area contributed by atoms with Crippen molar-refractivity contribution < 1.29 is 13.0 Å². The lowest BCUT2D eigenvalue weighted by atomic mass is 9.98. The summed E-state index contributed by atoms with van der Waals surface area (Å²) in [7, 11) is -4.22. The molecule has 5 nitrogen and oxygen atoms in total. The maximum Gasteiger partial charge on any atom is 0.360 e. The van der Waals surface area contributed by atoms with Gasteiger partial charge in [0.05, 0.1) is 11.7 Å². The van der Waals surface area contributed by atoms with E-state index >= 15 is 0 Å². The number of fused-ring (bicyclic) bond motifs is 1. The zero-order valence-corrected chi connectivity index (χ0v) is 13.1. The quantitative estimate of drug-likeness (QED) is 0.867. The first-order chi connectivity index (χ1) is 9.95. The van der Waals surface area contributed by atoms with Gasteiger partial charge >= 0.3 is 10.3 Å². The van der Waals surface area contributed by atoms with E-state index in [1.165, 1.54) is 4.31 Å². The minimum absolute atomic E-state index is 0.203. The van der Waals surface area contributed by atoms with E-state index in [0.29, 0.717) is 18.7 Å². The van der Waals surface area contributed by atoms with Gasteiger partial charge in [-0.1, -0.05) is 25.1 Å². The SMILES string of the molecule is CC1CCN(C[C@@H]2Cc3ccccc3N2S(=O)(=O)O)CC1. The van der Waals surface area contributed by atoms with Crippen molar-refractivity contribution in [2.24, 2.45) is 5.92 Å². The molecule has 0 bridgehead atoms. The molecule has 0 saturated carbocycles. The molecule has 3 rings (SSSR count). The van der Waals surface area contributed by atoms with Gasteiger partial charge in [-0.25, -0.2) is 4.31 Å². The van der Waals surface area contributed by atoms with Gasteiger partial charge in [-0.2, -0.15) is 8.42 Å². The van der Waals surface area contributed by atoms with Gasteiger partial charge in [0.25, 0.3) is 0 Å². The van der Waals surface area contributed by atoms with Crippen LogP contribution in [0.5, 0.6) is 0 Å². The van der Waals surface area contributed by atoms with E-state index < -0.39 is 10.3 Å². The number of hydrogen-bond acceptors (Lipinski definition) is 3. The van der Waals surface area contributed by atoms with E-state index in [4.69, 9.17) is 0 Å². The molecule has 0 aromatic heterocycles. The van der Waals surface area contributed by atoms with Crippen molar-refractivity contribution in [3.63, 3.8) is 0 Å². The second kappa shape index (κ2) is 5.59. The van der Waals surface area contributed by atoms with Crippen LogP contribution in [0.2, 0.25) is 0 Å². The van der Waals surface area contributed by atoms with Crippen molar-refractivity contribution in [2.45, 2.75) is 32.2 Å². The summed E-state index contributed by atoms with van der Waals surface area (Å²) >= 11 is 0. The number of hydrogen-bond donors (Lipinski definition) is 1. The summed E-state index contributed by atoms with van der Waals surface area (Å²) in [6, 6.07) is 7.21. The number of anilines is 1. The van der Waals surface area contributed by atoms with Crippen molar-refractivity contribution in [3.05, 3.63) is 29.8 Å². The fraction of sp³-hybridized carbons (Fsp3) is 0.600. The molecule has 0 aliphatic carbocycles. The van der Waals surface area contributed by atoms with Crippen LogP contribution in [0, 0.1) is 5.92 Å². The molecule has 0 amide bonds. The minimum atomic E-state index is -4.22. The van der Waals surface area contributed by atoms with Crippen LogP contribution in [0.15, 0.2) is 24.3 Å². The average Bonchev–Trinajstić information content (AvgIpc) is 2.79. The third kappa shape index (κ3) is 3.07. The summed E-state index contributed by atoms with van der Waals surface area (Å²) in [5.41, 5.74) is 1.61. The van der Waals surface area contributed by atoms with Gasteiger partial charge in [-0.15, -0.1) is 0 Å². The Bertz CT molecular complexity index is 609. The summed E-state index contributed by atoms with van der Waals surface area (Å²) < 4.78 is 34.3. The highest BCUT2D eigenvalue weighted by Gasteiger charge is 2.37. The molecule has 2 aliphatic rings. The maximum atomic E-state index is 11.8. The molecule has 0 spiro atoms. The van der Waals surface area contributed by atoms with Crippen molar-refractivity contribution >= 4 is 16.0 Å². The van der Waals surface area contributed by atoms with Crippen molar-refractivity contribution in [3.8, 4) is 0 Å². The predicted molar refractivity (Wildman–Crippen MR) is 82.8 cm³/mol. The van der Waals surface area contributed by atoms with Crippen molar-refractivity contribution in [1.29, 1.82) is 0 Å². The molecule has 2 heterocycles. The fourth-order valence-corrected chi connectivity index (χ4v) is 4.37. The van der Waals surface area contributed by atoms with Crippen LogP contribution in [0.3, 0.4) is 0 Å². The highest BCUT2D eigenvalue weighted by molar-refractivity contribution is 7.87. The van der Waals surface area contributed by atoms with Gasteiger partial charge in [0.2, 0.25) is 0 Å². The zero-order valence-electron chi connectivity index (χ0n) is 12.3. The Kier molecular flexibility index (Phi) is 3.94. The van der Waals surface area contributed by atoms with Gasteiger partial charge in [-0.3, -0.25) is 4.55 Å². The Morgan fingerprint density at radius 1 is 1.24 bits per heavy atom. The van der Waals surface area contributed by atoms with E-state index in [9.17, 15) is 13.0 Å². The molecule has 1 atom stereocenters. The first kappa shape index (κ1) is 14.8. The molecule has 1 fully saturated rings. The van der Waals surface area contributed by atoms with Gasteiger partial charge in [0, 0.05) is 6.54 Å². The minimum Gasteiger partial charge on any atom is -0.301 e. The lowest BCUT2D eigenvalue weighted by Crippen LogP contribution is -2.47. The Hall–Kier alpha value is -1.11. The number of likely N-dealkylation sites (tertiary alicyclic amines) is 1. The smallest absolute Gasteiger partial charge is 0.301 e. The zero-order chi connectivity index (χ0) is 15.0. The predicted octanol–water partition coefficient (Wildman–Crippen LogP) is 1.95. The molecule has 1 aromatic carbocycles. The summed E-state index contributed by atoms with van der Waals surface area (Å²) in [4.78, 5) is 2.31. The second-order valence-corrected chi connectivity index (χ2v) is 7.53. The second-order valence-electron chi connectivity index (χ2n) is 6.24. The normalized spacial score (nSPS) is 24.3. The molecule has 6 heteroatoms. The highest BCUT2D eigenvalue weighted by Crippen LogP contribution is 2.34. The van der Waals surface area contributed by atoms with Gasteiger partial charge in [0.1, 0.15) is 0 Å². The summed E-state index contributed by atoms with van der Waals surface area (Å²) in [5.74, 6) is 0.750. The summed E-state index contributed by atoms with van der Waals surface area (Å²) in [5, 5.41) is 0. The monoisotopic (exact) mass is 310 g/mol. The summed E-state index contributed by atoms with van der Waals surface area (Å²) in [6.07, 6.45) is 2.99. The van der Waals surface area contributed by atoms with Crippen LogP contribution in [0.1, 0.15) is 25.3 Å². The van der Waals surface area contributed by atoms with E-state index in [-0.39, 0.29) is 6.04 Å². The molecule has 0 radical (unpaired) electrons. The third-order valence-electron chi connectivity index (χ3n) is 4.61. The van der Waals surface area contributed by atoms with Gasteiger partial charge < -0.3 is 4.90 Å². The largest absolute Gasteiger partial charge is 0.360 e. The van der Waals surface area contributed by atoms with Crippen LogP contribution >= 0.6 is 0 Å². The van der Waals surface area contributed by atoms with Gasteiger partial charge in [-0.05, 0) is 49.9 Å². The molecule has 0 unspecified atom stereocenters. The van der Waals surface area contributed by atoms with Crippen molar-refractivity contribution in [2.75, 3.05) is 23.9 Å². The number of rotatable bonds is 3. The van der Waals surface area contributed by atoms with E-state index in [1.54, 1.807) is 6.07 Å². The van der Waals surface area contributed by atoms with Crippen LogP contribution in [-0.2, 0) is 16.7 Å². The number of para-hydroxylation sites is 1. The van der Waals surface area contributed by atoms with Crippen LogP contribution in [-0.4, -0.2) is 43.5 Å². The topological polar surface area (TPSA) is 60.9 Å². The third-order valence-corrected chi connectivity index (χ3v) is 5.60. The van der Waals surface area contributed by atoms with Crippen LogP contribution in [0.4, 0.5) is 5.69 Å². The highest BCUT2D eigenvalue weighted by atomic mass is 32.2. The standard InChI is InChI=1S/C15H22N2O3S/c1-12-6-8-16(9-7-12)11-14-10-13-4-2-3-5-15(13)17(14)21(18,19)20/h2-5,12,14H,6-11H2,1H3,(H,18,19,20)/t14-/m0/s1. The number of piperidine rings is 1. The first-order valence-corrected chi connectivity index (χ1v) is 8.92. The number of nitrogens with zero attached hydrogens (tertiary/aromatic N) is 2. The lowest BCUT2D eigenvalue weighted by Gasteiger charge is -2.34. The fourth-order valence-electron chi connectivity index (χ4n) is 3.43. The van der Waals surface area contributed by atoms with E-state index in [2.05, 4.69) is 11.8 Å².